The molecule has 1 aliphatic carbocycles. The van der Waals surface area contributed by atoms with Gasteiger partial charge in [0.05, 0.1) is 28.2 Å². The van der Waals surface area contributed by atoms with E-state index in [1.165, 1.54) is 23.5 Å². The van der Waals surface area contributed by atoms with Gasteiger partial charge < -0.3 is 5.73 Å². The van der Waals surface area contributed by atoms with Crippen molar-refractivity contribution in [3.05, 3.63) is 77.9 Å². The van der Waals surface area contributed by atoms with Crippen molar-refractivity contribution in [3.63, 3.8) is 0 Å². The van der Waals surface area contributed by atoms with Crippen molar-refractivity contribution in [3.8, 4) is 6.07 Å². The molecule has 0 radical (unpaired) electrons. The Morgan fingerprint density at radius 1 is 1.33 bits per heavy atom. The fourth-order valence-electron chi connectivity index (χ4n) is 4.05. The number of benzene rings is 1. The number of nitro groups is 1. The first kappa shape index (κ1) is 20.1. The van der Waals surface area contributed by atoms with Crippen LogP contribution in [0.4, 0.5) is 11.4 Å². The minimum atomic E-state index is -0.570. The van der Waals surface area contributed by atoms with E-state index in [0.29, 0.717) is 36.2 Å². The zero-order valence-electron chi connectivity index (χ0n) is 16.0. The van der Waals surface area contributed by atoms with E-state index in [0.717, 1.165) is 9.75 Å². The highest BCUT2D eigenvalue weighted by molar-refractivity contribution is 7.12. The third-order valence-corrected chi connectivity index (χ3v) is 6.73. The lowest BCUT2D eigenvalue weighted by Crippen LogP contribution is -2.38. The van der Waals surface area contributed by atoms with Gasteiger partial charge in [-0.1, -0.05) is 11.6 Å². The molecule has 0 saturated carbocycles. The number of hydrogen-bond acceptors (Lipinski definition) is 7. The number of ketones is 1. The average molecular weight is 441 g/mol. The van der Waals surface area contributed by atoms with Crippen LogP contribution >= 0.6 is 22.9 Å². The number of aryl methyl sites for hydroxylation is 1. The molecule has 2 heterocycles. The highest BCUT2D eigenvalue weighted by Crippen LogP contribution is 2.48. The van der Waals surface area contributed by atoms with Crippen LogP contribution in [0.2, 0.25) is 5.02 Å². The molecule has 0 amide bonds. The van der Waals surface area contributed by atoms with Gasteiger partial charge in [-0.05, 0) is 44.0 Å². The quantitative estimate of drug-likeness (QED) is 0.535. The van der Waals surface area contributed by atoms with Crippen LogP contribution in [0.15, 0.2) is 53.0 Å². The van der Waals surface area contributed by atoms with Crippen LogP contribution in [0.1, 0.15) is 34.9 Å². The topological polar surface area (TPSA) is 113 Å². The number of halogens is 1. The molecular formula is C21H17ClN4O3S. The third-order valence-electron chi connectivity index (χ3n) is 5.34. The number of nitrogens with two attached hydrogens (primary N) is 1. The van der Waals surface area contributed by atoms with Gasteiger partial charge in [-0.25, -0.2) is 0 Å². The molecule has 0 fully saturated rings. The van der Waals surface area contributed by atoms with E-state index in [-0.39, 0.29) is 27.9 Å². The molecule has 1 aromatic carbocycles. The number of carbonyl (C=O) groups is 1. The Morgan fingerprint density at radius 3 is 2.73 bits per heavy atom. The van der Waals surface area contributed by atoms with Gasteiger partial charge in [0.2, 0.25) is 0 Å². The summed E-state index contributed by atoms with van der Waals surface area (Å²) in [4.78, 5) is 27.4. The lowest BCUT2D eigenvalue weighted by Gasteiger charge is -2.39. The Bertz CT molecular complexity index is 1190. The summed E-state index contributed by atoms with van der Waals surface area (Å²) in [5.41, 5.74) is 8.10. The summed E-state index contributed by atoms with van der Waals surface area (Å²) in [6.07, 6.45) is 1.62. The smallest absolute Gasteiger partial charge is 0.289 e. The third kappa shape index (κ3) is 3.16. The van der Waals surface area contributed by atoms with Crippen molar-refractivity contribution in [2.75, 3.05) is 4.90 Å². The average Bonchev–Trinajstić information content (AvgIpc) is 3.14. The second-order valence-electron chi connectivity index (χ2n) is 7.16. The van der Waals surface area contributed by atoms with Crippen molar-refractivity contribution >= 4 is 40.1 Å². The van der Waals surface area contributed by atoms with Gasteiger partial charge in [-0.3, -0.25) is 19.8 Å². The Morgan fingerprint density at radius 2 is 2.10 bits per heavy atom. The standard InChI is InChI=1S/C21H17ClN4O3S/c1-11-5-8-18(30-11)19-13(10-23)21(24)25(15-3-2-4-17(27)20(15)19)12-6-7-14(22)16(9-12)26(28)29/h5-9,19H,2-4,24H2,1H3. The van der Waals surface area contributed by atoms with Crippen LogP contribution in [0.3, 0.4) is 0 Å². The summed E-state index contributed by atoms with van der Waals surface area (Å²) < 4.78 is 0. The highest BCUT2D eigenvalue weighted by Gasteiger charge is 2.41. The van der Waals surface area contributed by atoms with E-state index in [1.807, 2.05) is 19.1 Å². The van der Waals surface area contributed by atoms with Gasteiger partial charge in [0.25, 0.3) is 5.69 Å². The summed E-state index contributed by atoms with van der Waals surface area (Å²) in [5.74, 6) is -0.366. The van der Waals surface area contributed by atoms with E-state index in [4.69, 9.17) is 17.3 Å². The van der Waals surface area contributed by atoms with Crippen molar-refractivity contribution < 1.29 is 9.72 Å². The highest BCUT2D eigenvalue weighted by atomic mass is 35.5. The number of Topliss-reactive ketones (excluding diaryl/α,β-unsaturated/α-hetero) is 1. The zero-order chi connectivity index (χ0) is 21.6. The first-order chi connectivity index (χ1) is 14.3. The van der Waals surface area contributed by atoms with Gasteiger partial charge >= 0.3 is 0 Å². The number of nitro benzene ring substituents is 1. The number of nitriles is 1. The molecule has 2 N–H and O–H groups in total. The number of allylic oxidation sites excluding steroid dienone is 3. The molecule has 1 aromatic heterocycles. The van der Waals surface area contributed by atoms with Crippen molar-refractivity contribution in [2.24, 2.45) is 5.73 Å². The Labute approximate surface area is 181 Å². The monoisotopic (exact) mass is 440 g/mol. The fourth-order valence-corrected chi connectivity index (χ4v) is 5.24. The second kappa shape index (κ2) is 7.59. The molecule has 152 valence electrons. The largest absolute Gasteiger partial charge is 0.384 e. The Kier molecular flexibility index (Phi) is 5.10. The maximum absolute atomic E-state index is 13.0. The van der Waals surface area contributed by atoms with Crippen molar-refractivity contribution in [1.29, 1.82) is 5.26 Å². The molecule has 9 heteroatoms. The van der Waals surface area contributed by atoms with Gasteiger partial charge in [-0.2, -0.15) is 5.26 Å². The summed E-state index contributed by atoms with van der Waals surface area (Å²) in [5, 5.41) is 21.3. The number of hydrogen-bond donors (Lipinski definition) is 1. The van der Waals surface area contributed by atoms with E-state index >= 15 is 0 Å². The first-order valence-electron chi connectivity index (χ1n) is 9.30. The van der Waals surface area contributed by atoms with Crippen LogP contribution in [0.25, 0.3) is 0 Å². The summed E-state index contributed by atoms with van der Waals surface area (Å²) in [6.45, 7) is 1.97. The number of rotatable bonds is 3. The molecule has 1 aliphatic heterocycles. The molecule has 30 heavy (non-hydrogen) atoms. The van der Waals surface area contributed by atoms with E-state index < -0.39 is 10.8 Å². The molecular weight excluding hydrogens is 424 g/mol. The molecule has 0 bridgehead atoms. The normalized spacial score (nSPS) is 19.0. The molecule has 7 nitrogen and oxygen atoms in total. The van der Waals surface area contributed by atoms with Crippen LogP contribution in [0.5, 0.6) is 0 Å². The summed E-state index contributed by atoms with van der Waals surface area (Å²) in [6, 6.07) is 10.4. The lowest BCUT2D eigenvalue weighted by atomic mass is 9.78. The van der Waals surface area contributed by atoms with Gasteiger partial charge in [0, 0.05) is 33.5 Å². The predicted molar refractivity (Wildman–Crippen MR) is 115 cm³/mol. The van der Waals surface area contributed by atoms with Gasteiger partial charge in [-0.15, -0.1) is 11.3 Å². The van der Waals surface area contributed by atoms with Crippen LogP contribution in [-0.2, 0) is 4.79 Å². The van der Waals surface area contributed by atoms with E-state index in [9.17, 15) is 20.2 Å². The molecule has 1 atom stereocenters. The van der Waals surface area contributed by atoms with Crippen molar-refractivity contribution in [2.45, 2.75) is 32.1 Å². The zero-order valence-corrected chi connectivity index (χ0v) is 17.6. The maximum Gasteiger partial charge on any atom is 0.289 e. The molecule has 0 spiro atoms. The molecule has 2 aromatic rings. The van der Waals surface area contributed by atoms with Crippen LogP contribution < -0.4 is 10.6 Å². The Balaban J connectivity index is 1.97. The minimum absolute atomic E-state index is 0.00433. The summed E-state index contributed by atoms with van der Waals surface area (Å²) in [7, 11) is 0. The number of nitrogens with zero attached hydrogens (tertiary/aromatic N) is 3. The number of anilines is 1. The SMILES string of the molecule is Cc1ccc(C2C(C#N)=C(N)N(c3ccc(Cl)c([N+](=O)[O-])c3)C3=C2C(=O)CCC3)s1. The van der Waals surface area contributed by atoms with Gasteiger partial charge in [0.1, 0.15) is 10.8 Å². The molecule has 2 aliphatic rings. The summed E-state index contributed by atoms with van der Waals surface area (Å²) >= 11 is 7.49. The molecule has 0 saturated heterocycles. The van der Waals surface area contributed by atoms with Crippen LogP contribution in [0, 0.1) is 28.4 Å². The second-order valence-corrected chi connectivity index (χ2v) is 8.88. The number of thiophene rings is 1. The lowest BCUT2D eigenvalue weighted by molar-refractivity contribution is -0.384. The van der Waals surface area contributed by atoms with Gasteiger partial charge in [0.15, 0.2) is 5.78 Å². The van der Waals surface area contributed by atoms with Crippen LogP contribution in [-0.4, -0.2) is 10.7 Å². The molecule has 4 rings (SSSR count). The van der Waals surface area contributed by atoms with E-state index in [1.54, 1.807) is 11.0 Å². The minimum Gasteiger partial charge on any atom is -0.384 e. The van der Waals surface area contributed by atoms with E-state index in [2.05, 4.69) is 6.07 Å². The van der Waals surface area contributed by atoms with Crippen molar-refractivity contribution in [1.82, 2.24) is 0 Å². The predicted octanol–water partition coefficient (Wildman–Crippen LogP) is 4.92. The number of carbonyl (C=O) groups excluding carboxylic acids is 1. The fraction of sp³-hybridized carbons (Fsp3) is 0.238. The maximum atomic E-state index is 13.0. The molecule has 1 unspecified atom stereocenters. The Hall–Kier alpha value is -3.15. The first-order valence-corrected chi connectivity index (χ1v) is 10.5.